The summed E-state index contributed by atoms with van der Waals surface area (Å²) < 4.78 is 0. The summed E-state index contributed by atoms with van der Waals surface area (Å²) in [7, 11) is 0. The van der Waals surface area contributed by atoms with Gasteiger partial charge in [0.2, 0.25) is 5.91 Å². The first-order valence-electron chi connectivity index (χ1n) is 13.7. The van der Waals surface area contributed by atoms with Gasteiger partial charge in [-0.1, -0.05) is 121 Å². The lowest BCUT2D eigenvalue weighted by molar-refractivity contribution is -0.191. The van der Waals surface area contributed by atoms with E-state index < -0.39 is 36.1 Å². The Kier molecular flexibility index (Phi) is 7.20. The molecule has 0 aliphatic carbocycles. The van der Waals surface area contributed by atoms with E-state index in [0.717, 1.165) is 22.3 Å². The van der Waals surface area contributed by atoms with Crippen LogP contribution < -0.4 is 0 Å². The SMILES string of the molecule is O=C(O)[C@@H]1[C@H]2C[C@@H](CN1C(O)C(c1ccccc1)c1ccccc1)N2C(=O)C(c1ccccc1)c1ccccc1. The summed E-state index contributed by atoms with van der Waals surface area (Å²) >= 11 is 0. The highest BCUT2D eigenvalue weighted by atomic mass is 16.4. The molecule has 0 radical (unpaired) electrons. The predicted molar refractivity (Wildman–Crippen MR) is 153 cm³/mol. The minimum absolute atomic E-state index is 0.0956. The van der Waals surface area contributed by atoms with Crippen LogP contribution >= 0.6 is 0 Å². The van der Waals surface area contributed by atoms with Gasteiger partial charge in [0, 0.05) is 18.5 Å². The number of carbonyl (C=O) groups is 2. The molecule has 2 heterocycles. The third-order valence-electron chi connectivity index (χ3n) is 8.38. The van der Waals surface area contributed by atoms with E-state index in [-0.39, 0.29) is 18.5 Å². The molecule has 2 bridgehead atoms. The molecule has 6 heteroatoms. The summed E-state index contributed by atoms with van der Waals surface area (Å²) in [6.07, 6.45) is -0.476. The summed E-state index contributed by atoms with van der Waals surface area (Å²) in [6.45, 7) is 0.285. The van der Waals surface area contributed by atoms with Crippen LogP contribution in [0.4, 0.5) is 0 Å². The van der Waals surface area contributed by atoms with Crippen molar-refractivity contribution >= 4 is 11.9 Å². The van der Waals surface area contributed by atoms with Crippen molar-refractivity contribution in [2.75, 3.05) is 6.54 Å². The molecule has 2 N–H and O–H groups in total. The Bertz CT molecular complexity index is 1370. The van der Waals surface area contributed by atoms with Crippen LogP contribution in [0.15, 0.2) is 121 Å². The number of aliphatic carboxylic acids is 1. The van der Waals surface area contributed by atoms with E-state index in [1.165, 1.54) is 0 Å². The Labute approximate surface area is 234 Å². The van der Waals surface area contributed by atoms with Gasteiger partial charge in [0.25, 0.3) is 0 Å². The molecule has 2 aliphatic rings. The van der Waals surface area contributed by atoms with Gasteiger partial charge in [-0.15, -0.1) is 0 Å². The summed E-state index contributed by atoms with van der Waals surface area (Å²) in [6, 6.07) is 37.0. The van der Waals surface area contributed by atoms with Gasteiger partial charge in [-0.25, -0.2) is 0 Å². The fourth-order valence-electron chi connectivity index (χ4n) is 6.55. The van der Waals surface area contributed by atoms with E-state index in [1.54, 1.807) is 9.80 Å². The summed E-state index contributed by atoms with van der Waals surface area (Å²) in [5.74, 6) is -2.09. The summed E-state index contributed by atoms with van der Waals surface area (Å²) in [5.41, 5.74) is 3.57. The lowest BCUT2D eigenvalue weighted by Gasteiger charge is -2.60. The minimum atomic E-state index is -1.08. The van der Waals surface area contributed by atoms with E-state index >= 15 is 0 Å². The molecule has 2 saturated heterocycles. The molecule has 0 spiro atoms. The van der Waals surface area contributed by atoms with Gasteiger partial charge in [-0.05, 0) is 28.7 Å². The Hall–Kier alpha value is -4.26. The van der Waals surface area contributed by atoms with Crippen molar-refractivity contribution in [3.8, 4) is 0 Å². The minimum Gasteiger partial charge on any atom is -0.480 e. The highest BCUT2D eigenvalue weighted by Gasteiger charge is 2.58. The van der Waals surface area contributed by atoms with E-state index in [9.17, 15) is 19.8 Å². The number of benzene rings is 4. The molecule has 1 unspecified atom stereocenters. The molecule has 1 amide bonds. The Morgan fingerprint density at radius 1 is 0.675 bits per heavy atom. The second-order valence-electron chi connectivity index (χ2n) is 10.6. The van der Waals surface area contributed by atoms with Gasteiger partial charge in [-0.2, -0.15) is 0 Å². The molecule has 2 fully saturated rings. The van der Waals surface area contributed by atoms with Gasteiger partial charge < -0.3 is 15.1 Å². The van der Waals surface area contributed by atoms with Crippen molar-refractivity contribution < 1.29 is 19.8 Å². The van der Waals surface area contributed by atoms with Gasteiger partial charge in [0.1, 0.15) is 12.3 Å². The molecule has 202 valence electrons. The van der Waals surface area contributed by atoms with Crippen LogP contribution in [0.5, 0.6) is 0 Å². The lowest BCUT2D eigenvalue weighted by Crippen LogP contribution is -2.77. The second kappa shape index (κ2) is 11.1. The van der Waals surface area contributed by atoms with Gasteiger partial charge in [0.05, 0.1) is 12.0 Å². The maximum Gasteiger partial charge on any atom is 0.323 e. The van der Waals surface area contributed by atoms with E-state index in [4.69, 9.17) is 0 Å². The van der Waals surface area contributed by atoms with Crippen LogP contribution in [0.2, 0.25) is 0 Å². The van der Waals surface area contributed by atoms with Gasteiger partial charge in [-0.3, -0.25) is 14.5 Å². The zero-order valence-corrected chi connectivity index (χ0v) is 22.0. The van der Waals surface area contributed by atoms with Crippen molar-refractivity contribution in [1.82, 2.24) is 9.80 Å². The number of rotatable bonds is 8. The molecule has 6 rings (SSSR count). The molecule has 2 aliphatic heterocycles. The molecule has 6 nitrogen and oxygen atoms in total. The molecule has 40 heavy (non-hydrogen) atoms. The first-order valence-corrected chi connectivity index (χ1v) is 13.7. The van der Waals surface area contributed by atoms with E-state index in [1.807, 2.05) is 121 Å². The zero-order valence-electron chi connectivity index (χ0n) is 22.0. The van der Waals surface area contributed by atoms with Crippen LogP contribution in [-0.2, 0) is 9.59 Å². The number of aliphatic hydroxyl groups is 1. The summed E-state index contributed by atoms with van der Waals surface area (Å²) in [5, 5.41) is 22.3. The van der Waals surface area contributed by atoms with Crippen LogP contribution in [0.1, 0.15) is 40.5 Å². The number of likely N-dealkylation sites (tertiary alicyclic amines) is 2. The third kappa shape index (κ3) is 4.70. The largest absolute Gasteiger partial charge is 0.480 e. The molecule has 4 aromatic rings. The van der Waals surface area contributed by atoms with E-state index in [0.29, 0.717) is 6.42 Å². The average molecular weight is 533 g/mol. The van der Waals surface area contributed by atoms with Crippen molar-refractivity contribution in [2.24, 2.45) is 0 Å². The molecule has 0 saturated carbocycles. The topological polar surface area (TPSA) is 81.1 Å². The lowest BCUT2D eigenvalue weighted by atomic mass is 9.77. The van der Waals surface area contributed by atoms with Crippen LogP contribution in [0.3, 0.4) is 0 Å². The van der Waals surface area contributed by atoms with Gasteiger partial charge >= 0.3 is 5.97 Å². The quantitative estimate of drug-likeness (QED) is 0.344. The van der Waals surface area contributed by atoms with Crippen LogP contribution in [-0.4, -0.2) is 62.8 Å². The van der Waals surface area contributed by atoms with Crippen molar-refractivity contribution in [2.45, 2.75) is 42.6 Å². The van der Waals surface area contributed by atoms with Crippen molar-refractivity contribution in [1.29, 1.82) is 0 Å². The second-order valence-corrected chi connectivity index (χ2v) is 10.6. The molecular formula is C34H32N2O4. The number of carbonyl (C=O) groups excluding carboxylic acids is 1. The highest BCUT2D eigenvalue weighted by Crippen LogP contribution is 2.43. The third-order valence-corrected chi connectivity index (χ3v) is 8.38. The van der Waals surface area contributed by atoms with Crippen LogP contribution in [0, 0.1) is 0 Å². The zero-order chi connectivity index (χ0) is 27.6. The monoisotopic (exact) mass is 532 g/mol. The number of fused-ring (bicyclic) bond motifs is 2. The number of piperazine rings is 1. The number of amides is 1. The van der Waals surface area contributed by atoms with E-state index in [2.05, 4.69) is 0 Å². The number of piperidine rings is 1. The fraction of sp³-hybridized carbons (Fsp3) is 0.235. The maximum atomic E-state index is 14.2. The number of nitrogens with zero attached hydrogens (tertiary/aromatic N) is 2. The standard InChI is InChI=1S/C34H32N2O4/c37-32(29(23-13-5-1-6-14-23)24-15-7-2-8-16-24)35-22-27-21-28(31(35)34(39)40)36(27)33(38)30(25-17-9-3-10-18-25)26-19-11-4-12-20-26/h1-20,27-32,37H,21-22H2,(H,39,40)/t27-,28+,31-,32?/m0/s1. The van der Waals surface area contributed by atoms with Crippen molar-refractivity contribution in [3.05, 3.63) is 144 Å². The first kappa shape index (κ1) is 26.0. The average Bonchev–Trinajstić information content (AvgIpc) is 2.99. The smallest absolute Gasteiger partial charge is 0.323 e. The maximum absolute atomic E-state index is 14.2. The normalized spacial score (nSPS) is 21.2. The fourth-order valence-corrected chi connectivity index (χ4v) is 6.55. The highest BCUT2D eigenvalue weighted by molar-refractivity contribution is 5.90. The molecule has 4 atom stereocenters. The predicted octanol–water partition coefficient (Wildman–Crippen LogP) is 4.71. The Balaban J connectivity index is 1.33. The summed E-state index contributed by atoms with van der Waals surface area (Å²) in [4.78, 5) is 30.5. The van der Waals surface area contributed by atoms with Gasteiger partial charge in [0.15, 0.2) is 0 Å². The number of aliphatic hydroxyl groups excluding tert-OH is 1. The number of hydrogen-bond acceptors (Lipinski definition) is 4. The van der Waals surface area contributed by atoms with Crippen LogP contribution in [0.25, 0.3) is 0 Å². The molecule has 0 aromatic heterocycles. The number of carboxylic acid groups (broad SMARTS) is 1. The van der Waals surface area contributed by atoms with Crippen molar-refractivity contribution in [3.63, 3.8) is 0 Å². The molecular weight excluding hydrogens is 500 g/mol. The number of carboxylic acids is 1. The molecule has 4 aromatic carbocycles. The Morgan fingerprint density at radius 3 is 1.52 bits per heavy atom. The first-order chi connectivity index (χ1) is 19.5. The number of hydrogen-bond donors (Lipinski definition) is 2. The Morgan fingerprint density at radius 2 is 1.10 bits per heavy atom.